The van der Waals surface area contributed by atoms with E-state index in [1.807, 2.05) is 31.2 Å². The second-order valence-electron chi connectivity index (χ2n) is 6.65. The monoisotopic (exact) mass is 469 g/mol. The van der Waals surface area contributed by atoms with Crippen LogP contribution in [0, 0.1) is 0 Å². The number of amides is 2. The number of nitrogens with zero attached hydrogens (tertiary/aromatic N) is 2. The molecule has 0 spiro atoms. The molecule has 2 amide bonds. The molecule has 1 aliphatic rings. The van der Waals surface area contributed by atoms with Crippen LogP contribution in [0.1, 0.15) is 12.5 Å². The third kappa shape index (κ3) is 4.97. The summed E-state index contributed by atoms with van der Waals surface area (Å²) in [5, 5.41) is 2.80. The van der Waals surface area contributed by atoms with Gasteiger partial charge >= 0.3 is 0 Å². The lowest BCUT2D eigenvalue weighted by atomic mass is 10.2. The van der Waals surface area contributed by atoms with Crippen LogP contribution in [0.25, 0.3) is 0 Å². The molecule has 0 fully saturated rings. The molecular weight excluding hydrogens is 446 g/mol. The summed E-state index contributed by atoms with van der Waals surface area (Å²) >= 11 is 2.41. The molecule has 11 heteroatoms. The second-order valence-corrected chi connectivity index (χ2v) is 11.3. The standard InChI is InChI=1S/C19H23N3O5S3/c1-4-27-14-7-5-13(6-8-14)10-20-16(23)11-22-15-9-18(30(25,26)21(2)3)29-19(15)28-12-17(22)24/h5-9H,4,10-12H2,1-3H3,(H,20,23). The molecule has 0 unspecified atom stereocenters. The zero-order chi connectivity index (χ0) is 21.9. The molecule has 0 saturated carbocycles. The van der Waals surface area contributed by atoms with Gasteiger partial charge in [-0.1, -0.05) is 12.1 Å². The van der Waals surface area contributed by atoms with Gasteiger partial charge in [-0.25, -0.2) is 12.7 Å². The van der Waals surface area contributed by atoms with Gasteiger partial charge in [-0.3, -0.25) is 9.59 Å². The highest BCUT2D eigenvalue weighted by Crippen LogP contribution is 2.43. The van der Waals surface area contributed by atoms with E-state index in [2.05, 4.69) is 5.32 Å². The van der Waals surface area contributed by atoms with Gasteiger partial charge in [0.05, 0.1) is 22.3 Å². The summed E-state index contributed by atoms with van der Waals surface area (Å²) in [7, 11) is -0.691. The number of carbonyl (C=O) groups is 2. The maximum absolute atomic E-state index is 12.5. The minimum Gasteiger partial charge on any atom is -0.494 e. The topological polar surface area (TPSA) is 96.0 Å². The molecule has 162 valence electrons. The number of benzene rings is 1. The molecule has 0 atom stereocenters. The summed E-state index contributed by atoms with van der Waals surface area (Å²) in [5.74, 6) is 0.382. The summed E-state index contributed by atoms with van der Waals surface area (Å²) in [4.78, 5) is 26.2. The van der Waals surface area contributed by atoms with E-state index in [9.17, 15) is 18.0 Å². The first-order valence-corrected chi connectivity index (χ1v) is 12.4. The first kappa shape index (κ1) is 22.6. The van der Waals surface area contributed by atoms with Crippen molar-refractivity contribution in [3.63, 3.8) is 0 Å². The highest BCUT2D eigenvalue weighted by atomic mass is 32.3. The fraction of sp³-hybridized carbons (Fsp3) is 0.368. The molecule has 0 aliphatic carbocycles. The molecule has 0 radical (unpaired) electrons. The molecular formula is C19H23N3O5S3. The van der Waals surface area contributed by atoms with Crippen LogP contribution in [0.4, 0.5) is 5.69 Å². The van der Waals surface area contributed by atoms with Crippen molar-refractivity contribution in [2.24, 2.45) is 0 Å². The number of rotatable bonds is 8. The lowest BCUT2D eigenvalue weighted by Crippen LogP contribution is -2.42. The fourth-order valence-corrected chi connectivity index (χ4v) is 6.66. The van der Waals surface area contributed by atoms with E-state index in [4.69, 9.17) is 4.74 Å². The Morgan fingerprint density at radius 3 is 2.60 bits per heavy atom. The van der Waals surface area contributed by atoms with Crippen LogP contribution in [0.2, 0.25) is 0 Å². The van der Waals surface area contributed by atoms with Gasteiger partial charge in [0.1, 0.15) is 16.5 Å². The number of ether oxygens (including phenoxy) is 1. The van der Waals surface area contributed by atoms with Gasteiger partial charge in [0, 0.05) is 20.6 Å². The number of fused-ring (bicyclic) bond motifs is 1. The van der Waals surface area contributed by atoms with Crippen molar-refractivity contribution in [2.75, 3.05) is 37.9 Å². The van der Waals surface area contributed by atoms with Crippen LogP contribution in [-0.4, -0.2) is 57.5 Å². The van der Waals surface area contributed by atoms with E-state index in [1.54, 1.807) is 0 Å². The Labute approximate surface area is 184 Å². The highest BCUT2D eigenvalue weighted by molar-refractivity contribution is 8.02. The van der Waals surface area contributed by atoms with Gasteiger partial charge in [-0.05, 0) is 30.7 Å². The van der Waals surface area contributed by atoms with Crippen LogP contribution >= 0.6 is 23.1 Å². The van der Waals surface area contributed by atoms with Crippen LogP contribution in [0.5, 0.6) is 5.75 Å². The molecule has 30 heavy (non-hydrogen) atoms. The third-order valence-electron chi connectivity index (χ3n) is 4.34. The average Bonchev–Trinajstić information content (AvgIpc) is 3.15. The Morgan fingerprint density at radius 1 is 1.27 bits per heavy atom. The van der Waals surface area contributed by atoms with Gasteiger partial charge in [0.15, 0.2) is 0 Å². The predicted octanol–water partition coefficient (Wildman–Crippen LogP) is 2.15. The number of sulfonamides is 1. The zero-order valence-electron chi connectivity index (χ0n) is 16.9. The summed E-state index contributed by atoms with van der Waals surface area (Å²) in [6, 6.07) is 8.87. The summed E-state index contributed by atoms with van der Waals surface area (Å²) < 4.78 is 32.2. The molecule has 3 rings (SSSR count). The van der Waals surface area contributed by atoms with E-state index in [0.29, 0.717) is 23.0 Å². The van der Waals surface area contributed by atoms with Gasteiger partial charge in [-0.2, -0.15) is 0 Å². The van der Waals surface area contributed by atoms with E-state index in [0.717, 1.165) is 27.0 Å². The van der Waals surface area contributed by atoms with Crippen LogP contribution in [0.3, 0.4) is 0 Å². The number of nitrogens with one attached hydrogen (secondary N) is 1. The molecule has 0 saturated heterocycles. The number of anilines is 1. The maximum atomic E-state index is 12.5. The minimum atomic E-state index is -3.60. The van der Waals surface area contributed by atoms with Crippen molar-refractivity contribution in [3.8, 4) is 5.75 Å². The SMILES string of the molecule is CCOc1ccc(CNC(=O)CN2C(=O)CSc3sc(S(=O)(=O)N(C)C)cc32)cc1. The minimum absolute atomic E-state index is 0.152. The third-order valence-corrected chi connectivity index (χ3v) is 8.99. The van der Waals surface area contributed by atoms with E-state index >= 15 is 0 Å². The smallest absolute Gasteiger partial charge is 0.252 e. The van der Waals surface area contributed by atoms with Gasteiger partial charge < -0.3 is 15.0 Å². The molecule has 1 aromatic heterocycles. The fourth-order valence-electron chi connectivity index (χ4n) is 2.73. The van der Waals surface area contributed by atoms with E-state index in [1.165, 1.54) is 36.8 Å². The second kappa shape index (κ2) is 9.38. The van der Waals surface area contributed by atoms with Gasteiger partial charge in [0.2, 0.25) is 11.8 Å². The molecule has 1 aromatic carbocycles. The lowest BCUT2D eigenvalue weighted by Gasteiger charge is -2.25. The van der Waals surface area contributed by atoms with E-state index < -0.39 is 10.0 Å². The first-order chi connectivity index (χ1) is 14.2. The Kier molecular flexibility index (Phi) is 7.06. The zero-order valence-corrected chi connectivity index (χ0v) is 19.3. The molecule has 2 heterocycles. The van der Waals surface area contributed by atoms with Gasteiger partial charge in [0.25, 0.3) is 10.0 Å². The van der Waals surface area contributed by atoms with Crippen molar-refractivity contribution in [1.29, 1.82) is 0 Å². The van der Waals surface area contributed by atoms with Crippen molar-refractivity contribution >= 4 is 50.6 Å². The number of carbonyl (C=O) groups excluding carboxylic acids is 2. The summed E-state index contributed by atoms with van der Waals surface area (Å²) in [5.41, 5.74) is 1.38. The van der Waals surface area contributed by atoms with Crippen LogP contribution in [0.15, 0.2) is 38.8 Å². The van der Waals surface area contributed by atoms with Crippen LogP contribution in [-0.2, 0) is 26.2 Å². The Balaban J connectivity index is 1.68. The summed E-state index contributed by atoms with van der Waals surface area (Å²) in [6.07, 6.45) is 0. The van der Waals surface area contributed by atoms with Crippen molar-refractivity contribution < 1.29 is 22.7 Å². The largest absolute Gasteiger partial charge is 0.494 e. The molecule has 1 aliphatic heterocycles. The highest BCUT2D eigenvalue weighted by Gasteiger charge is 2.32. The number of hydrogen-bond donors (Lipinski definition) is 1. The maximum Gasteiger partial charge on any atom is 0.252 e. The predicted molar refractivity (Wildman–Crippen MR) is 118 cm³/mol. The van der Waals surface area contributed by atoms with Crippen molar-refractivity contribution in [3.05, 3.63) is 35.9 Å². The van der Waals surface area contributed by atoms with E-state index in [-0.39, 0.29) is 28.3 Å². The Hall–Kier alpha value is -2.08. The number of thioether (sulfide) groups is 1. The normalized spacial score (nSPS) is 14.0. The van der Waals surface area contributed by atoms with Crippen molar-refractivity contribution in [2.45, 2.75) is 21.9 Å². The Bertz CT molecular complexity index is 1030. The van der Waals surface area contributed by atoms with Crippen LogP contribution < -0.4 is 15.0 Å². The quantitative estimate of drug-likeness (QED) is 0.637. The number of thiophene rings is 1. The molecule has 0 bridgehead atoms. The molecule has 8 nitrogen and oxygen atoms in total. The lowest BCUT2D eigenvalue weighted by molar-refractivity contribution is -0.123. The van der Waals surface area contributed by atoms with Crippen molar-refractivity contribution in [1.82, 2.24) is 9.62 Å². The number of hydrogen-bond acceptors (Lipinski definition) is 7. The Morgan fingerprint density at radius 2 is 1.97 bits per heavy atom. The average molecular weight is 470 g/mol. The summed E-state index contributed by atoms with van der Waals surface area (Å²) in [6.45, 7) is 2.65. The first-order valence-electron chi connectivity index (χ1n) is 9.20. The van der Waals surface area contributed by atoms with Gasteiger partial charge in [-0.15, -0.1) is 23.1 Å². The molecule has 1 N–H and O–H groups in total. The molecule has 2 aromatic rings.